The number of hydrogen-bond donors (Lipinski definition) is 1. The maximum absolute atomic E-state index is 13.7. The molecule has 2 unspecified atom stereocenters. The van der Waals surface area contributed by atoms with Crippen molar-refractivity contribution in [3.63, 3.8) is 0 Å². The van der Waals surface area contributed by atoms with E-state index in [4.69, 9.17) is 9.47 Å². The average molecular weight is 361 g/mol. The van der Waals surface area contributed by atoms with Gasteiger partial charge in [0.05, 0.1) is 6.54 Å². The van der Waals surface area contributed by atoms with Gasteiger partial charge in [-0.15, -0.1) is 0 Å². The maximum Gasteiger partial charge on any atom is 0.411 e. The first-order valence-electron chi connectivity index (χ1n) is 7.51. The molecule has 2 atom stereocenters. The monoisotopic (exact) mass is 361 g/mol. The lowest BCUT2D eigenvalue weighted by Crippen LogP contribution is -2.43. The van der Waals surface area contributed by atoms with E-state index in [0.29, 0.717) is 12.1 Å². The Hall–Kier alpha value is -2.45. The molecule has 6 nitrogen and oxygen atoms in total. The predicted molar refractivity (Wildman–Crippen MR) is 79.7 cm³/mol. The number of amides is 1. The molecule has 1 heterocycles. The summed E-state index contributed by atoms with van der Waals surface area (Å²) in [5, 5.41) is 9.26. The zero-order valence-corrected chi connectivity index (χ0v) is 13.9. The van der Waals surface area contributed by atoms with Gasteiger partial charge in [0, 0.05) is 18.6 Å². The van der Waals surface area contributed by atoms with Crippen LogP contribution >= 0.6 is 0 Å². The first-order valence-corrected chi connectivity index (χ1v) is 7.51. The Kier molecular flexibility index (Phi) is 5.15. The second kappa shape index (κ2) is 6.81. The summed E-state index contributed by atoms with van der Waals surface area (Å²) in [7, 11) is 0. The summed E-state index contributed by atoms with van der Waals surface area (Å²) in [6.07, 6.45) is -1.91. The van der Waals surface area contributed by atoms with Gasteiger partial charge in [0.1, 0.15) is 17.7 Å². The second-order valence-corrected chi connectivity index (χ2v) is 6.66. The molecule has 0 spiro atoms. The molecule has 0 radical (unpaired) electrons. The number of carbonyl (C=O) groups is 2. The van der Waals surface area contributed by atoms with Gasteiger partial charge < -0.3 is 14.6 Å². The molecule has 2 rings (SSSR count). The molecule has 0 saturated carbocycles. The number of carbonyl (C=O) groups excluding carboxylic acids is 1. The van der Waals surface area contributed by atoms with Crippen LogP contribution in [0.4, 0.5) is 18.0 Å². The van der Waals surface area contributed by atoms with Crippen LogP contribution in [-0.2, 0) is 9.53 Å². The van der Waals surface area contributed by atoms with Gasteiger partial charge >= 0.3 is 12.1 Å². The van der Waals surface area contributed by atoms with Crippen LogP contribution in [0.15, 0.2) is 12.1 Å². The van der Waals surface area contributed by atoms with Crippen molar-refractivity contribution in [1.29, 1.82) is 0 Å². The molecule has 0 aliphatic carbocycles. The molecule has 1 amide bonds. The van der Waals surface area contributed by atoms with Crippen molar-refractivity contribution in [2.24, 2.45) is 0 Å². The molecule has 1 aromatic carbocycles. The number of likely N-dealkylation sites (tertiary alicyclic amines) is 1. The molecule has 1 N–H and O–H groups in total. The second-order valence-electron chi connectivity index (χ2n) is 6.66. The molecule has 0 bridgehead atoms. The molecule has 1 aliphatic heterocycles. The van der Waals surface area contributed by atoms with Gasteiger partial charge in [0.2, 0.25) is 0 Å². The third-order valence-corrected chi connectivity index (χ3v) is 3.44. The lowest BCUT2D eigenvalue weighted by Gasteiger charge is -2.26. The highest BCUT2D eigenvalue weighted by Gasteiger charge is 2.43. The van der Waals surface area contributed by atoms with Crippen molar-refractivity contribution >= 4 is 12.1 Å². The topological polar surface area (TPSA) is 76.1 Å². The molecule has 0 aromatic heterocycles. The van der Waals surface area contributed by atoms with Gasteiger partial charge in [-0.25, -0.2) is 22.8 Å². The van der Waals surface area contributed by atoms with Crippen LogP contribution < -0.4 is 4.74 Å². The minimum atomic E-state index is -1.37. The Balaban J connectivity index is 2.15. The van der Waals surface area contributed by atoms with E-state index < -0.39 is 53.0 Å². The van der Waals surface area contributed by atoms with Gasteiger partial charge in [-0.2, -0.15) is 0 Å². The molecule has 1 saturated heterocycles. The largest absolute Gasteiger partial charge is 0.485 e. The van der Waals surface area contributed by atoms with Crippen LogP contribution in [0.3, 0.4) is 0 Å². The molecular formula is C16H18F3NO5. The van der Waals surface area contributed by atoms with E-state index >= 15 is 0 Å². The standard InChI is InChI=1S/C16H18F3NO5/c1-16(2,3)25-15(23)20-7-8(4-12(20)14(21)22)24-13-6-10(18)9(17)5-11(13)19/h5-6,8,12H,4,7H2,1-3H3,(H,21,22). The van der Waals surface area contributed by atoms with Crippen molar-refractivity contribution in [3.8, 4) is 5.75 Å². The fourth-order valence-electron chi connectivity index (χ4n) is 2.41. The highest BCUT2D eigenvalue weighted by Crippen LogP contribution is 2.28. The zero-order chi connectivity index (χ0) is 18.9. The third kappa shape index (κ3) is 4.55. The minimum Gasteiger partial charge on any atom is -0.485 e. The average Bonchev–Trinajstić information content (AvgIpc) is 2.87. The zero-order valence-electron chi connectivity index (χ0n) is 13.9. The molecule has 1 aliphatic rings. The molecule has 25 heavy (non-hydrogen) atoms. The summed E-state index contributed by atoms with van der Waals surface area (Å²) in [6, 6.07) is -0.357. The summed E-state index contributed by atoms with van der Waals surface area (Å²) >= 11 is 0. The van der Waals surface area contributed by atoms with Crippen molar-refractivity contribution < 1.29 is 37.3 Å². The fourth-order valence-corrected chi connectivity index (χ4v) is 2.41. The molecule has 9 heteroatoms. The van der Waals surface area contributed by atoms with Crippen molar-refractivity contribution in [2.75, 3.05) is 6.54 Å². The summed E-state index contributed by atoms with van der Waals surface area (Å²) in [4.78, 5) is 24.5. The fraction of sp³-hybridized carbons (Fsp3) is 0.500. The number of hydrogen-bond acceptors (Lipinski definition) is 4. The summed E-state index contributed by atoms with van der Waals surface area (Å²) < 4.78 is 50.2. The Bertz CT molecular complexity index is 689. The van der Waals surface area contributed by atoms with E-state index in [1.165, 1.54) is 0 Å². The highest BCUT2D eigenvalue weighted by atomic mass is 19.2. The van der Waals surface area contributed by atoms with Crippen molar-refractivity contribution in [1.82, 2.24) is 4.90 Å². The Morgan fingerprint density at radius 1 is 1.16 bits per heavy atom. The number of rotatable bonds is 3. The predicted octanol–water partition coefficient (Wildman–Crippen LogP) is 2.95. The quantitative estimate of drug-likeness (QED) is 0.838. The number of halogens is 3. The van der Waals surface area contributed by atoms with Gasteiger partial charge in [0.15, 0.2) is 23.2 Å². The van der Waals surface area contributed by atoms with E-state index in [1.54, 1.807) is 20.8 Å². The van der Waals surface area contributed by atoms with Gasteiger partial charge in [-0.1, -0.05) is 0 Å². The molecule has 138 valence electrons. The van der Waals surface area contributed by atoms with Crippen LogP contribution in [0.25, 0.3) is 0 Å². The Labute approximate surface area is 142 Å². The number of aliphatic carboxylic acids is 1. The third-order valence-electron chi connectivity index (χ3n) is 3.44. The Morgan fingerprint density at radius 3 is 2.32 bits per heavy atom. The van der Waals surface area contributed by atoms with Crippen LogP contribution in [0, 0.1) is 17.5 Å². The van der Waals surface area contributed by atoms with Gasteiger partial charge in [-0.05, 0) is 20.8 Å². The maximum atomic E-state index is 13.7. The lowest BCUT2D eigenvalue weighted by atomic mass is 10.2. The Morgan fingerprint density at radius 2 is 1.76 bits per heavy atom. The first kappa shape index (κ1) is 18.9. The number of benzene rings is 1. The number of nitrogens with zero attached hydrogens (tertiary/aromatic N) is 1. The first-order chi connectivity index (χ1) is 11.5. The van der Waals surface area contributed by atoms with E-state index in [1.807, 2.05) is 0 Å². The van der Waals surface area contributed by atoms with E-state index in [-0.39, 0.29) is 13.0 Å². The SMILES string of the molecule is CC(C)(C)OC(=O)N1CC(Oc2cc(F)c(F)cc2F)CC1C(=O)O. The van der Waals surface area contributed by atoms with E-state index in [9.17, 15) is 27.9 Å². The summed E-state index contributed by atoms with van der Waals surface area (Å²) in [6.45, 7) is 4.69. The molecule has 1 fully saturated rings. The molecule has 1 aromatic rings. The summed E-state index contributed by atoms with van der Waals surface area (Å²) in [5.74, 6) is -5.62. The minimum absolute atomic E-state index is 0.146. The van der Waals surface area contributed by atoms with Gasteiger partial charge in [-0.3, -0.25) is 4.90 Å². The van der Waals surface area contributed by atoms with Crippen LogP contribution in [-0.4, -0.2) is 46.4 Å². The van der Waals surface area contributed by atoms with E-state index in [2.05, 4.69) is 0 Å². The van der Waals surface area contributed by atoms with Crippen LogP contribution in [0.2, 0.25) is 0 Å². The highest BCUT2D eigenvalue weighted by molar-refractivity contribution is 5.81. The van der Waals surface area contributed by atoms with Crippen LogP contribution in [0.1, 0.15) is 27.2 Å². The smallest absolute Gasteiger partial charge is 0.411 e. The molecular weight excluding hydrogens is 343 g/mol. The lowest BCUT2D eigenvalue weighted by molar-refractivity contribution is -0.142. The van der Waals surface area contributed by atoms with Crippen LogP contribution in [0.5, 0.6) is 5.75 Å². The number of carboxylic acid groups (broad SMARTS) is 1. The van der Waals surface area contributed by atoms with Crippen molar-refractivity contribution in [2.45, 2.75) is 44.9 Å². The van der Waals surface area contributed by atoms with E-state index in [0.717, 1.165) is 4.90 Å². The number of carboxylic acids is 1. The summed E-state index contributed by atoms with van der Waals surface area (Å²) in [5.41, 5.74) is -0.828. The van der Waals surface area contributed by atoms with Gasteiger partial charge in [0.25, 0.3) is 0 Å². The number of ether oxygens (including phenoxy) is 2. The normalized spacial score (nSPS) is 20.5. The van der Waals surface area contributed by atoms with Crippen molar-refractivity contribution in [3.05, 3.63) is 29.6 Å².